The molecule has 0 aromatic carbocycles. The lowest BCUT2D eigenvalue weighted by molar-refractivity contribution is 0.00578. The van der Waals surface area contributed by atoms with E-state index in [1.807, 2.05) is 27.7 Å². The third kappa shape index (κ3) is 3.14. The van der Waals surface area contributed by atoms with Crippen LogP contribution in [0.3, 0.4) is 0 Å². The Bertz CT molecular complexity index is 593. The van der Waals surface area contributed by atoms with E-state index in [0.29, 0.717) is 18.2 Å². The lowest BCUT2D eigenvalue weighted by Crippen LogP contribution is -2.41. The van der Waals surface area contributed by atoms with Gasteiger partial charge in [0.25, 0.3) is 0 Å². The SMILES string of the molecule is CC1(C)OB(c2c(Br)cnc(N3CCOCC3)c2Cl)OC1(C)C. The Balaban J connectivity index is 1.96. The van der Waals surface area contributed by atoms with Gasteiger partial charge in [-0.3, -0.25) is 0 Å². The zero-order valence-electron chi connectivity index (χ0n) is 13.9. The molecule has 0 spiro atoms. The fourth-order valence-electron chi connectivity index (χ4n) is 2.64. The van der Waals surface area contributed by atoms with Gasteiger partial charge in [0, 0.05) is 29.2 Å². The molecule has 0 amide bonds. The number of morpholine rings is 1. The molecule has 0 saturated carbocycles. The zero-order chi connectivity index (χ0) is 16.8. The molecule has 3 heterocycles. The van der Waals surface area contributed by atoms with Crippen LogP contribution in [0.2, 0.25) is 5.02 Å². The Hall–Kier alpha value is -0.335. The van der Waals surface area contributed by atoms with Crippen molar-refractivity contribution in [2.75, 3.05) is 31.2 Å². The minimum atomic E-state index is -0.523. The molecule has 0 aliphatic carbocycles. The molecule has 2 saturated heterocycles. The number of halogens is 2. The number of aromatic nitrogens is 1. The second-order valence-electron chi connectivity index (χ2n) is 6.85. The summed E-state index contributed by atoms with van der Waals surface area (Å²) in [5, 5.41) is 0.569. The number of hydrogen-bond acceptors (Lipinski definition) is 5. The van der Waals surface area contributed by atoms with Gasteiger partial charge in [-0.2, -0.15) is 0 Å². The highest BCUT2D eigenvalue weighted by molar-refractivity contribution is 9.10. The van der Waals surface area contributed by atoms with Gasteiger partial charge in [0.05, 0.1) is 29.4 Å². The van der Waals surface area contributed by atoms with Crippen molar-refractivity contribution >= 4 is 45.9 Å². The lowest BCUT2D eigenvalue weighted by Gasteiger charge is -2.32. The monoisotopic (exact) mass is 402 g/mol. The normalized spacial score (nSPS) is 23.4. The van der Waals surface area contributed by atoms with Gasteiger partial charge in [0.2, 0.25) is 0 Å². The van der Waals surface area contributed by atoms with Crippen molar-refractivity contribution in [1.29, 1.82) is 0 Å². The molecule has 0 bridgehead atoms. The van der Waals surface area contributed by atoms with Gasteiger partial charge in [0.15, 0.2) is 0 Å². The summed E-state index contributed by atoms with van der Waals surface area (Å²) in [5.74, 6) is 0.753. The summed E-state index contributed by atoms with van der Waals surface area (Å²) >= 11 is 10.2. The summed E-state index contributed by atoms with van der Waals surface area (Å²) in [7, 11) is -0.523. The van der Waals surface area contributed by atoms with Crippen LogP contribution in [-0.2, 0) is 14.0 Å². The van der Waals surface area contributed by atoms with Crippen molar-refractivity contribution in [3.8, 4) is 0 Å². The number of pyridine rings is 1. The zero-order valence-corrected chi connectivity index (χ0v) is 16.2. The standard InChI is InChI=1S/C15H21BBrClN2O3/c1-14(2)15(3,4)23-16(22-14)11-10(17)9-19-13(12(11)18)20-5-7-21-8-6-20/h9H,5-8H2,1-4H3. The quantitative estimate of drug-likeness (QED) is 0.711. The largest absolute Gasteiger partial charge is 0.497 e. The van der Waals surface area contributed by atoms with Crippen molar-refractivity contribution in [1.82, 2.24) is 4.98 Å². The van der Waals surface area contributed by atoms with E-state index in [1.54, 1.807) is 6.20 Å². The maximum Gasteiger partial charge on any atom is 0.497 e. The summed E-state index contributed by atoms with van der Waals surface area (Å²) in [6, 6.07) is 0. The van der Waals surface area contributed by atoms with Crippen LogP contribution in [0.5, 0.6) is 0 Å². The van der Waals surface area contributed by atoms with Crippen LogP contribution in [0.4, 0.5) is 5.82 Å². The van der Waals surface area contributed by atoms with Crippen molar-refractivity contribution in [2.24, 2.45) is 0 Å². The molecule has 0 atom stereocenters. The van der Waals surface area contributed by atoms with E-state index < -0.39 is 18.3 Å². The molecule has 0 radical (unpaired) electrons. The number of nitrogens with zero attached hydrogens (tertiary/aromatic N) is 2. The highest BCUT2D eigenvalue weighted by atomic mass is 79.9. The van der Waals surface area contributed by atoms with E-state index in [0.717, 1.165) is 28.8 Å². The highest BCUT2D eigenvalue weighted by Crippen LogP contribution is 2.38. The van der Waals surface area contributed by atoms with E-state index in [1.165, 1.54) is 0 Å². The van der Waals surface area contributed by atoms with Crippen molar-refractivity contribution in [3.05, 3.63) is 15.7 Å². The number of anilines is 1. The first kappa shape index (κ1) is 17.5. The van der Waals surface area contributed by atoms with Crippen LogP contribution in [0.25, 0.3) is 0 Å². The first-order valence-corrected chi connectivity index (χ1v) is 8.92. The van der Waals surface area contributed by atoms with Crippen LogP contribution in [0.15, 0.2) is 10.7 Å². The fraction of sp³-hybridized carbons (Fsp3) is 0.667. The molecule has 0 unspecified atom stereocenters. The first-order chi connectivity index (χ1) is 10.7. The number of hydrogen-bond donors (Lipinski definition) is 0. The Morgan fingerprint density at radius 1 is 1.17 bits per heavy atom. The van der Waals surface area contributed by atoms with Crippen LogP contribution in [0.1, 0.15) is 27.7 Å². The van der Waals surface area contributed by atoms with Gasteiger partial charge >= 0.3 is 7.12 Å². The number of ether oxygens (including phenoxy) is 1. The minimum absolute atomic E-state index is 0.414. The maximum absolute atomic E-state index is 6.68. The van der Waals surface area contributed by atoms with Crippen LogP contribution in [-0.4, -0.2) is 49.6 Å². The molecule has 3 rings (SSSR count). The summed E-state index contributed by atoms with van der Waals surface area (Å²) in [6.45, 7) is 11.0. The first-order valence-electron chi connectivity index (χ1n) is 7.75. The lowest BCUT2D eigenvalue weighted by atomic mass is 9.79. The van der Waals surface area contributed by atoms with E-state index in [9.17, 15) is 0 Å². The predicted molar refractivity (Wildman–Crippen MR) is 95.7 cm³/mol. The second kappa shape index (κ2) is 6.19. The van der Waals surface area contributed by atoms with Crippen LogP contribution < -0.4 is 10.4 Å². The third-order valence-electron chi connectivity index (χ3n) is 4.79. The Morgan fingerprint density at radius 3 is 2.30 bits per heavy atom. The highest BCUT2D eigenvalue weighted by Gasteiger charge is 2.53. The third-order valence-corrected chi connectivity index (χ3v) is 5.79. The molecule has 0 N–H and O–H groups in total. The van der Waals surface area contributed by atoms with Gasteiger partial charge in [-0.05, 0) is 43.6 Å². The van der Waals surface area contributed by atoms with Crippen molar-refractivity contribution < 1.29 is 14.0 Å². The van der Waals surface area contributed by atoms with Gasteiger partial charge < -0.3 is 18.9 Å². The average Bonchev–Trinajstić information content (AvgIpc) is 2.68. The van der Waals surface area contributed by atoms with E-state index in [2.05, 4.69) is 25.8 Å². The van der Waals surface area contributed by atoms with Gasteiger partial charge in [-0.1, -0.05) is 11.6 Å². The smallest absolute Gasteiger partial charge is 0.399 e. The molecule has 2 fully saturated rings. The summed E-state index contributed by atoms with van der Waals surface area (Å²) < 4.78 is 18.5. The maximum atomic E-state index is 6.68. The van der Waals surface area contributed by atoms with Gasteiger partial charge in [-0.25, -0.2) is 4.98 Å². The molecule has 2 aliphatic rings. The molecule has 23 heavy (non-hydrogen) atoms. The summed E-state index contributed by atoms with van der Waals surface area (Å²) in [6.07, 6.45) is 1.76. The Morgan fingerprint density at radius 2 is 1.74 bits per heavy atom. The molecule has 5 nitrogen and oxygen atoms in total. The number of rotatable bonds is 2. The fourth-order valence-corrected chi connectivity index (χ4v) is 3.60. The van der Waals surface area contributed by atoms with Crippen LogP contribution >= 0.6 is 27.5 Å². The molecule has 126 valence electrons. The van der Waals surface area contributed by atoms with E-state index >= 15 is 0 Å². The average molecular weight is 404 g/mol. The van der Waals surface area contributed by atoms with E-state index in [4.69, 9.17) is 25.6 Å². The Kier molecular flexibility index (Phi) is 4.71. The van der Waals surface area contributed by atoms with E-state index in [-0.39, 0.29) is 0 Å². The predicted octanol–water partition coefficient (Wildman–Crippen LogP) is 2.63. The summed E-state index contributed by atoms with van der Waals surface area (Å²) in [5.41, 5.74) is -0.0344. The minimum Gasteiger partial charge on any atom is -0.399 e. The van der Waals surface area contributed by atoms with Crippen LogP contribution in [0, 0.1) is 0 Å². The molecular weight excluding hydrogens is 382 g/mol. The second-order valence-corrected chi connectivity index (χ2v) is 8.08. The van der Waals surface area contributed by atoms with Crippen molar-refractivity contribution in [2.45, 2.75) is 38.9 Å². The molecule has 1 aromatic heterocycles. The van der Waals surface area contributed by atoms with Crippen molar-refractivity contribution in [3.63, 3.8) is 0 Å². The topological polar surface area (TPSA) is 43.8 Å². The Labute approximate surface area is 150 Å². The van der Waals surface area contributed by atoms with Gasteiger partial charge in [-0.15, -0.1) is 0 Å². The summed E-state index contributed by atoms with van der Waals surface area (Å²) in [4.78, 5) is 6.62. The van der Waals surface area contributed by atoms with Gasteiger partial charge in [0.1, 0.15) is 5.82 Å². The molecule has 8 heteroatoms. The molecular formula is C15H21BBrClN2O3. The molecule has 2 aliphatic heterocycles. The molecule has 1 aromatic rings.